The molecule has 0 saturated heterocycles. The molecule has 3 aromatic rings. The summed E-state index contributed by atoms with van der Waals surface area (Å²) in [5, 5.41) is 16.6. The zero-order chi connectivity index (χ0) is 25.5. The number of carbonyl (C=O) groups is 1. The topological polar surface area (TPSA) is 125 Å². The number of hydrogen-bond donors (Lipinski definition) is 3. The Labute approximate surface area is 205 Å². The molecule has 1 aliphatic rings. The number of nitrogens with zero attached hydrogens (tertiary/aromatic N) is 3. The van der Waals surface area contributed by atoms with E-state index in [2.05, 4.69) is 20.6 Å². The lowest BCUT2D eigenvalue weighted by Gasteiger charge is -2.36. The van der Waals surface area contributed by atoms with Gasteiger partial charge in [-0.1, -0.05) is 31.4 Å². The number of nitrogens with one attached hydrogen (secondary N) is 2. The Morgan fingerprint density at radius 1 is 1.20 bits per heavy atom. The predicted molar refractivity (Wildman–Crippen MR) is 131 cm³/mol. The maximum Gasteiger partial charge on any atom is 0.275 e. The number of halogens is 2. The third-order valence-electron chi connectivity index (χ3n) is 6.54. The van der Waals surface area contributed by atoms with Gasteiger partial charge in [0.2, 0.25) is 0 Å². The highest BCUT2D eigenvalue weighted by Crippen LogP contribution is 2.49. The Balaban J connectivity index is 1.71. The van der Waals surface area contributed by atoms with Gasteiger partial charge in [0.15, 0.2) is 11.4 Å². The van der Waals surface area contributed by atoms with Crippen LogP contribution in [0.15, 0.2) is 34.1 Å². The van der Waals surface area contributed by atoms with Gasteiger partial charge in [-0.15, -0.1) is 0 Å². The van der Waals surface area contributed by atoms with Crippen molar-refractivity contribution in [3.63, 3.8) is 0 Å². The number of amides is 1. The normalized spacial score (nSPS) is 15.7. The minimum absolute atomic E-state index is 0.00650. The Bertz CT molecular complexity index is 1360. The molecule has 1 fully saturated rings. The quantitative estimate of drug-likeness (QED) is 0.418. The second-order valence-corrected chi connectivity index (χ2v) is 9.65. The maximum absolute atomic E-state index is 13.7. The molecule has 2 aromatic heterocycles. The number of rotatable bonds is 7. The van der Waals surface area contributed by atoms with Gasteiger partial charge in [0.25, 0.3) is 16.8 Å². The van der Waals surface area contributed by atoms with Gasteiger partial charge in [0, 0.05) is 20.3 Å². The highest BCUT2D eigenvalue weighted by molar-refractivity contribution is 6.31. The number of aromatic nitrogens is 2. The van der Waals surface area contributed by atoms with Crippen LogP contribution in [-0.4, -0.2) is 40.0 Å². The standard InChI is InChI=1S/C24H25ClFN5O4/c1-24(7-4-5-8-24)22(15-13(25)10-12(26)11-28-15)30-17-16(20(33)21(17)34)29-14-6-9-27-18(19(14)32)23(35)31(2)3/h6,9-11,22,30,32H,4-5,7-8H2,1-3H3,(H,27,29)/t22-/m0/s1. The zero-order valence-corrected chi connectivity index (χ0v) is 20.2. The Morgan fingerprint density at radius 2 is 1.86 bits per heavy atom. The van der Waals surface area contributed by atoms with E-state index in [0.717, 1.165) is 37.9 Å². The number of pyridine rings is 2. The van der Waals surface area contributed by atoms with E-state index in [4.69, 9.17) is 11.6 Å². The van der Waals surface area contributed by atoms with Crippen molar-refractivity contribution in [2.75, 3.05) is 24.7 Å². The molecule has 2 heterocycles. The van der Waals surface area contributed by atoms with Crippen molar-refractivity contribution < 1.29 is 14.3 Å². The molecule has 35 heavy (non-hydrogen) atoms. The molecule has 1 atom stereocenters. The summed E-state index contributed by atoms with van der Waals surface area (Å²) in [6, 6.07) is 1.98. The Hall–Kier alpha value is -3.53. The van der Waals surface area contributed by atoms with Gasteiger partial charge in [-0.05, 0) is 30.4 Å². The number of hydrogen-bond acceptors (Lipinski definition) is 8. The highest BCUT2D eigenvalue weighted by Gasteiger charge is 2.41. The van der Waals surface area contributed by atoms with Crippen LogP contribution in [0.3, 0.4) is 0 Å². The van der Waals surface area contributed by atoms with Crippen LogP contribution < -0.4 is 21.5 Å². The summed E-state index contributed by atoms with van der Waals surface area (Å²) in [6.07, 6.45) is 5.95. The van der Waals surface area contributed by atoms with Gasteiger partial charge < -0.3 is 20.6 Å². The van der Waals surface area contributed by atoms with Gasteiger partial charge in [-0.3, -0.25) is 19.4 Å². The van der Waals surface area contributed by atoms with Crippen LogP contribution in [0.1, 0.15) is 54.8 Å². The van der Waals surface area contributed by atoms with Crippen molar-refractivity contribution in [3.8, 4) is 5.75 Å². The molecular formula is C24H25ClFN5O4. The van der Waals surface area contributed by atoms with Crippen LogP contribution in [0.2, 0.25) is 5.02 Å². The van der Waals surface area contributed by atoms with Gasteiger partial charge >= 0.3 is 0 Å². The Morgan fingerprint density at radius 3 is 2.49 bits per heavy atom. The monoisotopic (exact) mass is 501 g/mol. The summed E-state index contributed by atoms with van der Waals surface area (Å²) in [7, 11) is 3.03. The molecule has 184 valence electrons. The van der Waals surface area contributed by atoms with E-state index >= 15 is 0 Å². The second kappa shape index (κ2) is 9.26. The SMILES string of the molecule is CN(C)C(=O)c1nccc(Nc2c(N[C@@H](c3ncc(F)cc3Cl)C3(C)CCCC3)c(=O)c2=O)c1O. The Kier molecular flexibility index (Phi) is 6.50. The molecule has 1 aromatic carbocycles. The average Bonchev–Trinajstić information content (AvgIpc) is 3.26. The first kappa shape index (κ1) is 24.6. The summed E-state index contributed by atoms with van der Waals surface area (Å²) in [5.74, 6) is -1.56. The number of anilines is 3. The predicted octanol–water partition coefficient (Wildman–Crippen LogP) is 3.75. The first-order valence-electron chi connectivity index (χ1n) is 11.1. The third-order valence-corrected chi connectivity index (χ3v) is 6.85. The molecule has 3 N–H and O–H groups in total. The maximum atomic E-state index is 13.7. The summed E-state index contributed by atoms with van der Waals surface area (Å²) in [4.78, 5) is 46.7. The van der Waals surface area contributed by atoms with Crippen molar-refractivity contribution in [3.05, 3.63) is 67.2 Å². The molecule has 0 aliphatic heterocycles. The number of aromatic hydroxyl groups is 1. The largest absolute Gasteiger partial charge is 0.504 e. The minimum atomic E-state index is -0.780. The van der Waals surface area contributed by atoms with Crippen molar-refractivity contribution >= 4 is 34.6 Å². The molecule has 0 spiro atoms. The highest BCUT2D eigenvalue weighted by atomic mass is 35.5. The van der Waals surface area contributed by atoms with Crippen LogP contribution >= 0.6 is 11.6 Å². The van der Waals surface area contributed by atoms with E-state index < -0.39 is 34.4 Å². The van der Waals surface area contributed by atoms with E-state index in [-0.39, 0.29) is 33.2 Å². The van der Waals surface area contributed by atoms with E-state index in [9.17, 15) is 23.9 Å². The summed E-state index contributed by atoms with van der Waals surface area (Å²) in [5.41, 5.74) is -1.71. The lowest BCUT2D eigenvalue weighted by Crippen LogP contribution is -2.40. The van der Waals surface area contributed by atoms with Crippen LogP contribution in [0.5, 0.6) is 5.75 Å². The van der Waals surface area contributed by atoms with Crippen LogP contribution in [0, 0.1) is 11.2 Å². The molecule has 0 unspecified atom stereocenters. The van der Waals surface area contributed by atoms with Crippen molar-refractivity contribution in [2.45, 2.75) is 38.6 Å². The fourth-order valence-corrected chi connectivity index (χ4v) is 4.79. The first-order chi connectivity index (χ1) is 16.5. The summed E-state index contributed by atoms with van der Waals surface area (Å²) < 4.78 is 13.7. The van der Waals surface area contributed by atoms with Crippen LogP contribution in [-0.2, 0) is 0 Å². The average molecular weight is 502 g/mol. The molecule has 0 bridgehead atoms. The lowest BCUT2D eigenvalue weighted by atomic mass is 9.78. The summed E-state index contributed by atoms with van der Waals surface area (Å²) in [6.45, 7) is 2.03. The molecule has 1 aliphatic carbocycles. The van der Waals surface area contributed by atoms with E-state index in [1.165, 1.54) is 31.3 Å². The smallest absolute Gasteiger partial charge is 0.275 e. The first-order valence-corrected chi connectivity index (χ1v) is 11.5. The molecule has 9 nitrogen and oxygen atoms in total. The molecule has 1 saturated carbocycles. The number of carbonyl (C=O) groups excluding carboxylic acids is 1. The van der Waals surface area contributed by atoms with E-state index in [0.29, 0.717) is 5.69 Å². The van der Waals surface area contributed by atoms with Crippen LogP contribution in [0.25, 0.3) is 0 Å². The van der Waals surface area contributed by atoms with Gasteiger partial charge in [-0.2, -0.15) is 0 Å². The molecular weight excluding hydrogens is 477 g/mol. The van der Waals surface area contributed by atoms with E-state index in [1.807, 2.05) is 6.92 Å². The molecule has 0 radical (unpaired) electrons. The molecule has 4 rings (SSSR count). The fourth-order valence-electron chi connectivity index (χ4n) is 4.53. The fraction of sp³-hybridized carbons (Fsp3) is 0.375. The lowest BCUT2D eigenvalue weighted by molar-refractivity contribution is 0.0819. The van der Waals surface area contributed by atoms with Crippen molar-refractivity contribution in [1.82, 2.24) is 14.9 Å². The van der Waals surface area contributed by atoms with Gasteiger partial charge in [0.05, 0.1) is 28.6 Å². The second-order valence-electron chi connectivity index (χ2n) is 9.25. The minimum Gasteiger partial charge on any atom is -0.504 e. The van der Waals surface area contributed by atoms with Gasteiger partial charge in [0.1, 0.15) is 17.2 Å². The zero-order valence-electron chi connectivity index (χ0n) is 19.5. The van der Waals surface area contributed by atoms with Crippen molar-refractivity contribution in [1.29, 1.82) is 0 Å². The third kappa shape index (κ3) is 4.45. The van der Waals surface area contributed by atoms with E-state index in [1.54, 1.807) is 0 Å². The summed E-state index contributed by atoms with van der Waals surface area (Å²) >= 11 is 6.33. The molecule has 11 heteroatoms. The van der Waals surface area contributed by atoms with Crippen molar-refractivity contribution in [2.24, 2.45) is 5.41 Å². The van der Waals surface area contributed by atoms with Gasteiger partial charge in [-0.25, -0.2) is 9.37 Å². The molecule has 1 amide bonds. The van der Waals surface area contributed by atoms with Crippen LogP contribution in [0.4, 0.5) is 21.5 Å².